The summed E-state index contributed by atoms with van der Waals surface area (Å²) in [5, 5.41) is 9.48. The van der Waals surface area contributed by atoms with E-state index in [0.29, 0.717) is 13.0 Å². The zero-order chi connectivity index (χ0) is 20.3. The van der Waals surface area contributed by atoms with Crippen LogP contribution in [0, 0.1) is 11.7 Å². The van der Waals surface area contributed by atoms with Gasteiger partial charge in [-0.2, -0.15) is 0 Å². The molecule has 0 amide bonds. The first-order chi connectivity index (χ1) is 13.4. The van der Waals surface area contributed by atoms with Gasteiger partial charge in [0.05, 0.1) is 19.1 Å². The first-order valence-electron chi connectivity index (χ1n) is 9.48. The standard InChI is InChI=1S/C22H27FN2O3/c1-24(2)18-9-6-15(7-10-18)21(16-8-11-20(28-3)19(23)13-16)25-12-4-5-17(14-25)22(26)27/h6-11,13,17,21H,4-5,12,14H2,1-3H3,(H,26,27). The van der Waals surface area contributed by atoms with Crippen molar-refractivity contribution in [3.8, 4) is 5.75 Å². The van der Waals surface area contributed by atoms with Crippen LogP contribution < -0.4 is 9.64 Å². The molecule has 1 fully saturated rings. The molecule has 5 nitrogen and oxygen atoms in total. The minimum atomic E-state index is -0.771. The van der Waals surface area contributed by atoms with Gasteiger partial charge in [-0.05, 0) is 54.8 Å². The summed E-state index contributed by atoms with van der Waals surface area (Å²) in [5.41, 5.74) is 2.88. The van der Waals surface area contributed by atoms with Crippen LogP contribution in [0.5, 0.6) is 5.75 Å². The summed E-state index contributed by atoms with van der Waals surface area (Å²) in [7, 11) is 5.40. The van der Waals surface area contributed by atoms with E-state index in [4.69, 9.17) is 4.74 Å². The third kappa shape index (κ3) is 4.28. The van der Waals surface area contributed by atoms with E-state index in [-0.39, 0.29) is 11.8 Å². The third-order valence-corrected chi connectivity index (χ3v) is 5.38. The van der Waals surface area contributed by atoms with E-state index < -0.39 is 17.7 Å². The van der Waals surface area contributed by atoms with Crippen molar-refractivity contribution in [2.24, 2.45) is 5.92 Å². The van der Waals surface area contributed by atoms with Gasteiger partial charge in [-0.3, -0.25) is 9.69 Å². The lowest BCUT2D eigenvalue weighted by molar-refractivity contribution is -0.143. The number of nitrogens with zero attached hydrogens (tertiary/aromatic N) is 2. The Morgan fingerprint density at radius 1 is 1.21 bits per heavy atom. The van der Waals surface area contributed by atoms with Crippen molar-refractivity contribution in [2.45, 2.75) is 18.9 Å². The number of rotatable bonds is 6. The van der Waals surface area contributed by atoms with Crippen LogP contribution in [0.4, 0.5) is 10.1 Å². The van der Waals surface area contributed by atoms with Gasteiger partial charge in [-0.25, -0.2) is 4.39 Å². The maximum Gasteiger partial charge on any atom is 0.307 e. The summed E-state index contributed by atoms with van der Waals surface area (Å²) in [6, 6.07) is 12.9. The van der Waals surface area contributed by atoms with Crippen molar-refractivity contribution in [2.75, 3.05) is 39.2 Å². The van der Waals surface area contributed by atoms with Crippen LogP contribution in [-0.2, 0) is 4.79 Å². The zero-order valence-electron chi connectivity index (χ0n) is 16.6. The van der Waals surface area contributed by atoms with Gasteiger partial charge in [-0.1, -0.05) is 18.2 Å². The molecule has 0 aliphatic carbocycles. The number of likely N-dealkylation sites (tertiary alicyclic amines) is 1. The van der Waals surface area contributed by atoms with Crippen molar-refractivity contribution in [3.63, 3.8) is 0 Å². The quantitative estimate of drug-likeness (QED) is 0.819. The van der Waals surface area contributed by atoms with Crippen molar-refractivity contribution in [3.05, 3.63) is 59.4 Å². The number of methoxy groups -OCH3 is 1. The number of ether oxygens (including phenoxy) is 1. The maximum atomic E-state index is 14.4. The van der Waals surface area contributed by atoms with E-state index in [1.165, 1.54) is 13.2 Å². The summed E-state index contributed by atoms with van der Waals surface area (Å²) in [6.45, 7) is 1.22. The first kappa shape index (κ1) is 20.1. The number of anilines is 1. The molecule has 3 rings (SSSR count). The summed E-state index contributed by atoms with van der Waals surface area (Å²) >= 11 is 0. The molecule has 0 aromatic heterocycles. The molecule has 6 heteroatoms. The molecule has 0 bridgehead atoms. The number of carboxylic acids is 1. The number of hydrogen-bond acceptors (Lipinski definition) is 4. The Balaban J connectivity index is 2.00. The van der Waals surface area contributed by atoms with Crippen LogP contribution in [0.1, 0.15) is 30.0 Å². The highest BCUT2D eigenvalue weighted by molar-refractivity contribution is 5.70. The Kier molecular flexibility index (Phi) is 6.19. The molecule has 2 aromatic carbocycles. The SMILES string of the molecule is COc1ccc(C(c2ccc(N(C)C)cc2)N2CCCC(C(=O)O)C2)cc1F. The fraction of sp³-hybridized carbons (Fsp3) is 0.409. The lowest BCUT2D eigenvalue weighted by Crippen LogP contribution is -2.41. The van der Waals surface area contributed by atoms with Gasteiger partial charge < -0.3 is 14.7 Å². The monoisotopic (exact) mass is 386 g/mol. The van der Waals surface area contributed by atoms with Crippen LogP contribution >= 0.6 is 0 Å². The predicted octanol–water partition coefficient (Wildman–Crippen LogP) is 3.79. The Morgan fingerprint density at radius 3 is 2.46 bits per heavy atom. The highest BCUT2D eigenvalue weighted by atomic mass is 19.1. The lowest BCUT2D eigenvalue weighted by atomic mass is 9.91. The van der Waals surface area contributed by atoms with Gasteiger partial charge in [0, 0.05) is 26.3 Å². The Bertz CT molecular complexity index is 823. The molecule has 1 heterocycles. The molecule has 1 N–H and O–H groups in total. The molecule has 28 heavy (non-hydrogen) atoms. The van der Waals surface area contributed by atoms with Gasteiger partial charge in [0.2, 0.25) is 0 Å². The van der Waals surface area contributed by atoms with Crippen LogP contribution in [0.3, 0.4) is 0 Å². The van der Waals surface area contributed by atoms with E-state index in [0.717, 1.165) is 29.8 Å². The largest absolute Gasteiger partial charge is 0.494 e. The Labute approximate surface area is 165 Å². The fourth-order valence-corrected chi connectivity index (χ4v) is 3.86. The number of benzene rings is 2. The van der Waals surface area contributed by atoms with Crippen LogP contribution in [0.15, 0.2) is 42.5 Å². The average Bonchev–Trinajstić information content (AvgIpc) is 2.69. The van der Waals surface area contributed by atoms with Gasteiger partial charge in [0.25, 0.3) is 0 Å². The zero-order valence-corrected chi connectivity index (χ0v) is 16.6. The van der Waals surface area contributed by atoms with E-state index in [9.17, 15) is 14.3 Å². The minimum absolute atomic E-state index is 0.201. The summed E-state index contributed by atoms with van der Waals surface area (Å²) in [4.78, 5) is 15.7. The number of hydrogen-bond donors (Lipinski definition) is 1. The number of halogens is 1. The topological polar surface area (TPSA) is 53.0 Å². The molecule has 150 valence electrons. The normalized spacial score (nSPS) is 18.5. The van der Waals surface area contributed by atoms with Crippen LogP contribution in [0.2, 0.25) is 0 Å². The predicted molar refractivity (Wildman–Crippen MR) is 107 cm³/mol. The highest BCUT2D eigenvalue weighted by Gasteiger charge is 2.31. The number of aliphatic carboxylic acids is 1. The van der Waals surface area contributed by atoms with Crippen molar-refractivity contribution in [1.82, 2.24) is 4.90 Å². The highest BCUT2D eigenvalue weighted by Crippen LogP contribution is 2.35. The van der Waals surface area contributed by atoms with Gasteiger partial charge in [0.1, 0.15) is 0 Å². The molecule has 0 spiro atoms. The molecule has 1 aliphatic heterocycles. The number of piperidine rings is 1. The van der Waals surface area contributed by atoms with E-state index >= 15 is 0 Å². The van der Waals surface area contributed by atoms with Crippen LogP contribution in [-0.4, -0.2) is 50.3 Å². The van der Waals surface area contributed by atoms with Gasteiger partial charge in [-0.15, -0.1) is 0 Å². The molecule has 0 radical (unpaired) electrons. The number of carboxylic acid groups (broad SMARTS) is 1. The van der Waals surface area contributed by atoms with Gasteiger partial charge in [0.15, 0.2) is 11.6 Å². The second-order valence-corrected chi connectivity index (χ2v) is 7.45. The van der Waals surface area contributed by atoms with Crippen molar-refractivity contribution < 1.29 is 19.0 Å². The van der Waals surface area contributed by atoms with E-state index in [1.807, 2.05) is 49.3 Å². The molecule has 2 unspecified atom stereocenters. The van der Waals surface area contributed by atoms with E-state index in [2.05, 4.69) is 4.90 Å². The average molecular weight is 386 g/mol. The molecule has 0 saturated carbocycles. The van der Waals surface area contributed by atoms with Crippen molar-refractivity contribution >= 4 is 11.7 Å². The molecule has 2 aromatic rings. The maximum absolute atomic E-state index is 14.4. The molecule has 1 saturated heterocycles. The summed E-state index contributed by atoms with van der Waals surface area (Å²) in [5.74, 6) is -1.39. The molecular weight excluding hydrogens is 359 g/mol. The summed E-state index contributed by atoms with van der Waals surface area (Å²) in [6.07, 6.45) is 1.48. The Morgan fingerprint density at radius 2 is 1.89 bits per heavy atom. The minimum Gasteiger partial charge on any atom is -0.494 e. The fourth-order valence-electron chi connectivity index (χ4n) is 3.86. The molecule has 2 atom stereocenters. The second kappa shape index (κ2) is 8.61. The van der Waals surface area contributed by atoms with Gasteiger partial charge >= 0.3 is 5.97 Å². The molecular formula is C22H27FN2O3. The first-order valence-corrected chi connectivity index (χ1v) is 9.48. The number of carbonyl (C=O) groups is 1. The van der Waals surface area contributed by atoms with Crippen molar-refractivity contribution in [1.29, 1.82) is 0 Å². The Hall–Kier alpha value is -2.60. The van der Waals surface area contributed by atoms with E-state index in [1.54, 1.807) is 6.07 Å². The third-order valence-electron chi connectivity index (χ3n) is 5.38. The lowest BCUT2D eigenvalue weighted by Gasteiger charge is -2.37. The summed E-state index contributed by atoms with van der Waals surface area (Å²) < 4.78 is 19.5. The smallest absolute Gasteiger partial charge is 0.307 e. The molecule has 1 aliphatic rings. The van der Waals surface area contributed by atoms with Crippen LogP contribution in [0.25, 0.3) is 0 Å². The second-order valence-electron chi connectivity index (χ2n) is 7.45.